The summed E-state index contributed by atoms with van der Waals surface area (Å²) < 4.78 is 16.4. The maximum absolute atomic E-state index is 14.5. The lowest BCUT2D eigenvalue weighted by molar-refractivity contribution is -0.0251. The first kappa shape index (κ1) is 27.7. The molecule has 1 aliphatic carbocycles. The number of nitrogens with zero attached hydrogens (tertiary/aromatic N) is 4. The van der Waals surface area contributed by atoms with Crippen LogP contribution < -0.4 is 5.73 Å². The smallest absolute Gasteiger partial charge is 0.254 e. The number of carbonyl (C=O) groups is 1. The molecule has 3 aromatic rings. The normalized spacial score (nSPS) is 24.1. The van der Waals surface area contributed by atoms with E-state index in [0.717, 1.165) is 67.2 Å². The van der Waals surface area contributed by atoms with Gasteiger partial charge in [-0.15, -0.1) is 0 Å². The molecule has 3 N–H and O–H groups in total. The van der Waals surface area contributed by atoms with Crippen LogP contribution in [0.2, 0.25) is 0 Å². The summed E-state index contributed by atoms with van der Waals surface area (Å²) in [5.74, 6) is -0.301. The van der Waals surface area contributed by atoms with Gasteiger partial charge >= 0.3 is 0 Å². The lowest BCUT2D eigenvalue weighted by Crippen LogP contribution is -2.46. The molecule has 1 aromatic heterocycles. The molecular formula is C31H42FN5O2. The Labute approximate surface area is 230 Å². The lowest BCUT2D eigenvalue weighted by atomic mass is 9.82. The predicted octanol–water partition coefficient (Wildman–Crippen LogP) is 4.67. The summed E-state index contributed by atoms with van der Waals surface area (Å²) in [4.78, 5) is 17.8. The first-order valence-electron chi connectivity index (χ1n) is 14.4. The third kappa shape index (κ3) is 5.60. The van der Waals surface area contributed by atoms with E-state index in [1.807, 2.05) is 38.7 Å². The number of hydrogen-bond donors (Lipinski definition) is 2. The molecule has 1 amide bonds. The van der Waals surface area contributed by atoms with Gasteiger partial charge in [0.15, 0.2) is 0 Å². The third-order valence-corrected chi connectivity index (χ3v) is 8.84. The van der Waals surface area contributed by atoms with Crippen molar-refractivity contribution in [3.63, 3.8) is 0 Å². The summed E-state index contributed by atoms with van der Waals surface area (Å²) in [5.41, 5.74) is 9.58. The lowest BCUT2D eigenvalue weighted by Gasteiger charge is -2.37. The Kier molecular flexibility index (Phi) is 7.82. The highest BCUT2D eigenvalue weighted by molar-refractivity contribution is 6.05. The molecule has 1 saturated carbocycles. The minimum atomic E-state index is -0.660. The van der Waals surface area contributed by atoms with Crippen LogP contribution in [0, 0.1) is 5.82 Å². The van der Waals surface area contributed by atoms with Gasteiger partial charge in [0, 0.05) is 44.2 Å². The number of halogens is 1. The molecule has 8 heteroatoms. The van der Waals surface area contributed by atoms with Crippen molar-refractivity contribution in [3.8, 4) is 11.1 Å². The molecule has 2 fully saturated rings. The van der Waals surface area contributed by atoms with Gasteiger partial charge in [-0.05, 0) is 106 Å². The van der Waals surface area contributed by atoms with Crippen LogP contribution in [0.15, 0.2) is 36.5 Å². The standard InChI is InChI=1S/C31H42FN5O2/c1-5-37(20(2)3)30(38)27-16-23(32)6-7-25(27)26-14-22(15-29-28(26)17-34-35(29)4)21-10-13-36(18-21)19-31(39)11-8-24(33)9-12-31/h6-7,14-17,20-21,24,39H,5,8-13,18-19,33H2,1-4H3. The molecule has 0 spiro atoms. The van der Waals surface area contributed by atoms with Crippen LogP contribution in [0.4, 0.5) is 4.39 Å². The zero-order chi connectivity index (χ0) is 27.9. The van der Waals surface area contributed by atoms with E-state index in [2.05, 4.69) is 22.1 Å². The third-order valence-electron chi connectivity index (χ3n) is 8.84. The highest BCUT2D eigenvalue weighted by atomic mass is 19.1. The average Bonchev–Trinajstić information content (AvgIpc) is 3.52. The molecule has 1 saturated heterocycles. The Hall–Kier alpha value is -2.81. The van der Waals surface area contributed by atoms with E-state index in [4.69, 9.17) is 5.73 Å². The summed E-state index contributed by atoms with van der Waals surface area (Å²) in [6, 6.07) is 9.10. The molecule has 0 bridgehead atoms. The van der Waals surface area contributed by atoms with Crippen molar-refractivity contribution in [2.75, 3.05) is 26.2 Å². The number of fused-ring (bicyclic) bond motifs is 1. The maximum Gasteiger partial charge on any atom is 0.254 e. The van der Waals surface area contributed by atoms with Crippen LogP contribution >= 0.6 is 0 Å². The first-order chi connectivity index (χ1) is 18.6. The Morgan fingerprint density at radius 2 is 1.95 bits per heavy atom. The van der Waals surface area contributed by atoms with Crippen LogP contribution in [-0.2, 0) is 7.05 Å². The van der Waals surface area contributed by atoms with Gasteiger partial charge in [-0.1, -0.05) is 6.07 Å². The molecule has 210 valence electrons. The minimum Gasteiger partial charge on any atom is -0.389 e. The van der Waals surface area contributed by atoms with Gasteiger partial charge in [-0.25, -0.2) is 4.39 Å². The molecule has 1 unspecified atom stereocenters. The Balaban J connectivity index is 1.50. The number of β-amino-alcohol motifs (C(OH)–C–C–N with tert-alkyl or cyclic N) is 1. The van der Waals surface area contributed by atoms with Crippen molar-refractivity contribution >= 4 is 16.8 Å². The van der Waals surface area contributed by atoms with Crippen LogP contribution in [0.1, 0.15) is 74.7 Å². The van der Waals surface area contributed by atoms with Crippen LogP contribution in [0.25, 0.3) is 22.0 Å². The largest absolute Gasteiger partial charge is 0.389 e. The van der Waals surface area contributed by atoms with Gasteiger partial charge in [-0.3, -0.25) is 14.4 Å². The fourth-order valence-electron chi connectivity index (χ4n) is 6.55. The number of carbonyl (C=O) groups excluding carboxylic acids is 1. The second-order valence-corrected chi connectivity index (χ2v) is 11.9. The second-order valence-electron chi connectivity index (χ2n) is 11.9. The number of benzene rings is 2. The van der Waals surface area contributed by atoms with Crippen molar-refractivity contribution in [1.82, 2.24) is 19.6 Å². The second kappa shape index (κ2) is 11.0. The zero-order valence-electron chi connectivity index (χ0n) is 23.7. The van der Waals surface area contributed by atoms with Gasteiger partial charge in [0.1, 0.15) is 5.82 Å². The molecule has 5 rings (SSSR count). The number of nitrogens with two attached hydrogens (primary N) is 1. The molecule has 1 aliphatic heterocycles. The van der Waals surface area contributed by atoms with E-state index in [0.29, 0.717) is 24.6 Å². The number of rotatable bonds is 7. The number of hydrogen-bond acceptors (Lipinski definition) is 5. The molecular weight excluding hydrogens is 493 g/mol. The van der Waals surface area contributed by atoms with E-state index < -0.39 is 11.4 Å². The summed E-state index contributed by atoms with van der Waals surface area (Å²) >= 11 is 0. The van der Waals surface area contributed by atoms with E-state index in [1.165, 1.54) is 17.7 Å². The van der Waals surface area contributed by atoms with Gasteiger partial charge in [-0.2, -0.15) is 5.10 Å². The van der Waals surface area contributed by atoms with Crippen LogP contribution in [0.3, 0.4) is 0 Å². The van der Waals surface area contributed by atoms with Crippen molar-refractivity contribution in [2.45, 2.75) is 76.5 Å². The fourth-order valence-corrected chi connectivity index (χ4v) is 6.55. The zero-order valence-corrected chi connectivity index (χ0v) is 23.7. The Morgan fingerprint density at radius 1 is 1.21 bits per heavy atom. The monoisotopic (exact) mass is 535 g/mol. The predicted molar refractivity (Wildman–Crippen MR) is 153 cm³/mol. The highest BCUT2D eigenvalue weighted by Crippen LogP contribution is 2.38. The van der Waals surface area contributed by atoms with E-state index in [-0.39, 0.29) is 18.0 Å². The molecule has 2 heterocycles. The average molecular weight is 536 g/mol. The van der Waals surface area contributed by atoms with Crippen LogP contribution in [0.5, 0.6) is 0 Å². The molecule has 2 aromatic carbocycles. The van der Waals surface area contributed by atoms with E-state index >= 15 is 0 Å². The quantitative estimate of drug-likeness (QED) is 0.459. The summed E-state index contributed by atoms with van der Waals surface area (Å²) in [6.07, 6.45) is 6.08. The highest BCUT2D eigenvalue weighted by Gasteiger charge is 2.36. The van der Waals surface area contributed by atoms with Crippen molar-refractivity contribution in [1.29, 1.82) is 0 Å². The van der Waals surface area contributed by atoms with Crippen molar-refractivity contribution < 1.29 is 14.3 Å². The van der Waals surface area contributed by atoms with Gasteiger partial charge in [0.2, 0.25) is 0 Å². The van der Waals surface area contributed by atoms with Crippen molar-refractivity contribution in [2.24, 2.45) is 12.8 Å². The first-order valence-corrected chi connectivity index (χ1v) is 14.4. The van der Waals surface area contributed by atoms with E-state index in [9.17, 15) is 14.3 Å². The SMILES string of the molecule is CCN(C(=O)c1cc(F)ccc1-c1cc(C2CCN(CC3(O)CCC(N)CC3)C2)cc2c1cnn2C)C(C)C. The van der Waals surface area contributed by atoms with Gasteiger partial charge < -0.3 is 15.7 Å². The van der Waals surface area contributed by atoms with Crippen LogP contribution in [-0.4, -0.2) is 74.5 Å². The summed E-state index contributed by atoms with van der Waals surface area (Å²) in [7, 11) is 1.93. The summed E-state index contributed by atoms with van der Waals surface area (Å²) in [6.45, 7) is 8.91. The molecule has 2 aliphatic rings. The van der Waals surface area contributed by atoms with Gasteiger partial charge in [0.05, 0.1) is 22.9 Å². The maximum atomic E-state index is 14.5. The number of likely N-dealkylation sites (tertiary alicyclic amines) is 1. The number of aryl methyl sites for hydroxylation is 1. The van der Waals surface area contributed by atoms with Gasteiger partial charge in [0.25, 0.3) is 5.91 Å². The topological polar surface area (TPSA) is 87.6 Å². The molecule has 0 radical (unpaired) electrons. The Morgan fingerprint density at radius 3 is 2.64 bits per heavy atom. The fraction of sp³-hybridized carbons (Fsp3) is 0.548. The van der Waals surface area contributed by atoms with E-state index in [1.54, 1.807) is 11.0 Å². The number of amides is 1. The molecule has 7 nitrogen and oxygen atoms in total. The number of aromatic nitrogens is 2. The van der Waals surface area contributed by atoms with Crippen molar-refractivity contribution in [3.05, 3.63) is 53.5 Å². The minimum absolute atomic E-state index is 0.00237. The molecule has 1 atom stereocenters. The molecule has 39 heavy (non-hydrogen) atoms. The summed E-state index contributed by atoms with van der Waals surface area (Å²) in [5, 5.41) is 16.6. The number of aliphatic hydroxyl groups is 1. The Bertz CT molecular complexity index is 1340.